The molecule has 3 heterocycles. The number of nitrogens with zero attached hydrogens (tertiary/aromatic N) is 2. The first-order valence-electron chi connectivity index (χ1n) is 8.10. The Morgan fingerprint density at radius 1 is 1.14 bits per heavy atom. The molecule has 0 atom stereocenters. The Bertz CT molecular complexity index is 647. The molecule has 4 rings (SSSR count). The molecule has 5 heteroatoms. The smallest absolute Gasteiger partial charge is 0.234 e. The molecule has 2 aromatic heterocycles. The van der Waals surface area contributed by atoms with E-state index in [-0.39, 0.29) is 5.91 Å². The van der Waals surface area contributed by atoms with Gasteiger partial charge in [-0.25, -0.2) is 0 Å². The van der Waals surface area contributed by atoms with E-state index in [9.17, 15) is 4.79 Å². The topological polar surface area (TPSA) is 59.5 Å². The van der Waals surface area contributed by atoms with E-state index >= 15 is 0 Å². The van der Waals surface area contributed by atoms with Gasteiger partial charge >= 0.3 is 0 Å². The summed E-state index contributed by atoms with van der Waals surface area (Å²) in [5.41, 5.74) is 0.312. The normalized spacial score (nSPS) is 20.6. The molecule has 1 aliphatic carbocycles. The highest BCUT2D eigenvalue weighted by Gasteiger charge is 2.55. The van der Waals surface area contributed by atoms with Crippen LogP contribution in [0.4, 0.5) is 0 Å². The van der Waals surface area contributed by atoms with Gasteiger partial charge in [-0.1, -0.05) is 18.0 Å². The molecule has 0 radical (unpaired) electrons. The highest BCUT2D eigenvalue weighted by Crippen LogP contribution is 2.50. The minimum absolute atomic E-state index is 0.230. The number of amides is 1. The summed E-state index contributed by atoms with van der Waals surface area (Å²) in [4.78, 5) is 15.0. The SMILES string of the molecule is O=C(N1CCCCCC1)C1(c2cc(-c3ccco3)on2)CC1. The fraction of sp³-hybridized carbons (Fsp3) is 0.529. The van der Waals surface area contributed by atoms with Crippen molar-refractivity contribution in [3.05, 3.63) is 30.2 Å². The Morgan fingerprint density at radius 3 is 2.55 bits per heavy atom. The van der Waals surface area contributed by atoms with E-state index in [1.54, 1.807) is 6.26 Å². The lowest BCUT2D eigenvalue weighted by atomic mass is 10.00. The third-order valence-corrected chi connectivity index (χ3v) is 4.82. The van der Waals surface area contributed by atoms with Gasteiger partial charge in [-0.05, 0) is 37.8 Å². The molecule has 22 heavy (non-hydrogen) atoms. The van der Waals surface area contributed by atoms with Crippen molar-refractivity contribution in [2.24, 2.45) is 0 Å². The van der Waals surface area contributed by atoms with Crippen molar-refractivity contribution < 1.29 is 13.7 Å². The van der Waals surface area contributed by atoms with Gasteiger partial charge in [-0.3, -0.25) is 4.79 Å². The van der Waals surface area contributed by atoms with E-state index in [1.807, 2.05) is 23.1 Å². The van der Waals surface area contributed by atoms with Crippen LogP contribution in [-0.2, 0) is 10.2 Å². The van der Waals surface area contributed by atoms with E-state index in [4.69, 9.17) is 8.94 Å². The number of furan rings is 1. The van der Waals surface area contributed by atoms with E-state index < -0.39 is 5.41 Å². The summed E-state index contributed by atoms with van der Waals surface area (Å²) in [6.07, 6.45) is 8.01. The third-order valence-electron chi connectivity index (χ3n) is 4.82. The van der Waals surface area contributed by atoms with Crippen LogP contribution in [0.5, 0.6) is 0 Å². The fourth-order valence-corrected chi connectivity index (χ4v) is 3.32. The van der Waals surface area contributed by atoms with Gasteiger partial charge in [-0.15, -0.1) is 0 Å². The average Bonchev–Trinajstić information content (AvgIpc) is 3.01. The minimum Gasteiger partial charge on any atom is -0.461 e. The minimum atomic E-state index is -0.446. The monoisotopic (exact) mass is 300 g/mol. The molecule has 2 aliphatic rings. The molecule has 0 N–H and O–H groups in total. The predicted octanol–water partition coefficient (Wildman–Crippen LogP) is 3.37. The largest absolute Gasteiger partial charge is 0.461 e. The quantitative estimate of drug-likeness (QED) is 0.872. The van der Waals surface area contributed by atoms with Crippen LogP contribution in [0.3, 0.4) is 0 Å². The number of likely N-dealkylation sites (tertiary alicyclic amines) is 1. The molecule has 0 aromatic carbocycles. The third kappa shape index (κ3) is 2.25. The summed E-state index contributed by atoms with van der Waals surface area (Å²) in [5.74, 6) is 1.47. The zero-order chi connectivity index (χ0) is 15.0. The molecule has 116 valence electrons. The van der Waals surface area contributed by atoms with E-state index in [2.05, 4.69) is 5.16 Å². The van der Waals surface area contributed by atoms with Crippen LogP contribution in [0, 0.1) is 0 Å². The Morgan fingerprint density at radius 2 is 1.91 bits per heavy atom. The maximum atomic E-state index is 13.0. The molecule has 1 amide bonds. The van der Waals surface area contributed by atoms with E-state index in [0.29, 0.717) is 11.5 Å². The summed E-state index contributed by atoms with van der Waals surface area (Å²) >= 11 is 0. The summed E-state index contributed by atoms with van der Waals surface area (Å²) in [6.45, 7) is 1.76. The van der Waals surface area contributed by atoms with Gasteiger partial charge in [0.2, 0.25) is 11.7 Å². The van der Waals surface area contributed by atoms with Crippen molar-refractivity contribution in [3.8, 4) is 11.5 Å². The number of hydrogen-bond acceptors (Lipinski definition) is 4. The lowest BCUT2D eigenvalue weighted by Gasteiger charge is -2.24. The molecule has 2 fully saturated rings. The Labute approximate surface area is 129 Å². The van der Waals surface area contributed by atoms with Crippen molar-refractivity contribution >= 4 is 5.91 Å². The molecule has 2 aromatic rings. The van der Waals surface area contributed by atoms with Gasteiger partial charge in [0, 0.05) is 19.2 Å². The zero-order valence-corrected chi connectivity index (χ0v) is 12.6. The van der Waals surface area contributed by atoms with Crippen LogP contribution in [0.25, 0.3) is 11.5 Å². The van der Waals surface area contributed by atoms with E-state index in [0.717, 1.165) is 44.5 Å². The fourth-order valence-electron chi connectivity index (χ4n) is 3.32. The van der Waals surface area contributed by atoms with Crippen LogP contribution >= 0.6 is 0 Å². The van der Waals surface area contributed by atoms with Crippen molar-refractivity contribution in [1.82, 2.24) is 10.1 Å². The van der Waals surface area contributed by atoms with Crippen LogP contribution in [-0.4, -0.2) is 29.1 Å². The van der Waals surface area contributed by atoms with Gasteiger partial charge in [0.05, 0.1) is 17.4 Å². The van der Waals surface area contributed by atoms with Crippen LogP contribution in [0.15, 0.2) is 33.4 Å². The summed E-state index contributed by atoms with van der Waals surface area (Å²) in [5, 5.41) is 4.16. The molecular formula is C17H20N2O3. The lowest BCUT2D eigenvalue weighted by Crippen LogP contribution is -2.40. The molecule has 0 unspecified atom stereocenters. The number of aromatic nitrogens is 1. The van der Waals surface area contributed by atoms with E-state index in [1.165, 1.54) is 12.8 Å². The first-order valence-corrected chi connectivity index (χ1v) is 8.10. The maximum absolute atomic E-state index is 13.0. The summed E-state index contributed by atoms with van der Waals surface area (Å²) in [6, 6.07) is 5.51. The van der Waals surface area contributed by atoms with Crippen molar-refractivity contribution in [2.75, 3.05) is 13.1 Å². The number of hydrogen-bond donors (Lipinski definition) is 0. The molecule has 0 spiro atoms. The van der Waals surface area contributed by atoms with Crippen LogP contribution in [0.2, 0.25) is 0 Å². The Kier molecular flexibility index (Phi) is 3.28. The first kappa shape index (κ1) is 13.6. The summed E-state index contributed by atoms with van der Waals surface area (Å²) in [7, 11) is 0. The first-order chi connectivity index (χ1) is 10.8. The second-order valence-electron chi connectivity index (χ2n) is 6.34. The molecule has 1 aliphatic heterocycles. The molecule has 1 saturated heterocycles. The van der Waals surface area contributed by atoms with Crippen molar-refractivity contribution in [2.45, 2.75) is 43.9 Å². The number of carbonyl (C=O) groups is 1. The highest BCUT2D eigenvalue weighted by atomic mass is 16.5. The van der Waals surface area contributed by atoms with Gasteiger partial charge < -0.3 is 13.8 Å². The predicted molar refractivity (Wildman–Crippen MR) is 80.2 cm³/mol. The van der Waals surface area contributed by atoms with Gasteiger partial charge in [0.25, 0.3) is 0 Å². The van der Waals surface area contributed by atoms with Gasteiger partial charge in [0.15, 0.2) is 5.76 Å². The second-order valence-corrected chi connectivity index (χ2v) is 6.34. The van der Waals surface area contributed by atoms with Crippen LogP contribution in [0.1, 0.15) is 44.2 Å². The maximum Gasteiger partial charge on any atom is 0.234 e. The Balaban J connectivity index is 1.57. The molecule has 0 bridgehead atoms. The standard InChI is InChI=1S/C17H20N2O3/c20-16(19-9-3-1-2-4-10-19)17(7-8-17)15-12-14(22-18-15)13-6-5-11-21-13/h5-6,11-12H,1-4,7-10H2. The number of rotatable bonds is 3. The summed E-state index contributed by atoms with van der Waals surface area (Å²) < 4.78 is 10.7. The number of carbonyl (C=O) groups excluding carboxylic acids is 1. The molecule has 1 saturated carbocycles. The van der Waals surface area contributed by atoms with Gasteiger partial charge in [0.1, 0.15) is 0 Å². The zero-order valence-electron chi connectivity index (χ0n) is 12.6. The second kappa shape index (κ2) is 5.30. The van der Waals surface area contributed by atoms with Crippen LogP contribution < -0.4 is 0 Å². The van der Waals surface area contributed by atoms with Gasteiger partial charge in [-0.2, -0.15) is 0 Å². The average molecular weight is 300 g/mol. The van der Waals surface area contributed by atoms with Crippen molar-refractivity contribution in [3.63, 3.8) is 0 Å². The molecular weight excluding hydrogens is 280 g/mol. The Hall–Kier alpha value is -2.04. The van der Waals surface area contributed by atoms with Crippen molar-refractivity contribution in [1.29, 1.82) is 0 Å². The molecule has 5 nitrogen and oxygen atoms in total. The highest BCUT2D eigenvalue weighted by molar-refractivity contribution is 5.91. The lowest BCUT2D eigenvalue weighted by molar-refractivity contribution is -0.134.